The quantitative estimate of drug-likeness (QED) is 0.598. The van der Waals surface area contributed by atoms with Crippen LogP contribution in [0.4, 0.5) is 5.82 Å². The minimum absolute atomic E-state index is 0.0505. The van der Waals surface area contributed by atoms with Gasteiger partial charge in [-0.05, 0) is 29.8 Å². The fourth-order valence-electron chi connectivity index (χ4n) is 2.38. The maximum Gasteiger partial charge on any atom is 0.143 e. The van der Waals surface area contributed by atoms with Crippen molar-refractivity contribution in [2.45, 2.75) is 10.8 Å². The van der Waals surface area contributed by atoms with E-state index in [1.807, 2.05) is 12.1 Å². The molecule has 0 saturated heterocycles. The molecule has 0 fully saturated rings. The van der Waals surface area contributed by atoms with E-state index in [1.54, 1.807) is 30.5 Å². The monoisotopic (exact) mass is 400 g/mol. The number of anilines is 1. The Morgan fingerprint density at radius 1 is 1.12 bits per heavy atom. The molecule has 3 aromatic rings. The van der Waals surface area contributed by atoms with Gasteiger partial charge in [0.15, 0.2) is 0 Å². The summed E-state index contributed by atoms with van der Waals surface area (Å²) in [4.78, 5) is 4.24. The predicted molar refractivity (Wildman–Crippen MR) is 102 cm³/mol. The molecule has 3 rings (SSSR count). The molecule has 0 aliphatic carbocycles. The fraction of sp³-hybridized carbons (Fsp3) is 0.0556. The zero-order valence-electron chi connectivity index (χ0n) is 13.2. The van der Waals surface area contributed by atoms with E-state index < -0.39 is 0 Å². The number of halogens is 2. The topological polar surface area (TPSA) is 99.6 Å². The smallest absolute Gasteiger partial charge is 0.143 e. The third-order valence-electron chi connectivity index (χ3n) is 3.56. The van der Waals surface area contributed by atoms with Crippen LogP contribution in [0.15, 0.2) is 46.0 Å². The lowest BCUT2D eigenvalue weighted by atomic mass is 9.97. The van der Waals surface area contributed by atoms with E-state index in [0.29, 0.717) is 32.0 Å². The molecule has 8 heteroatoms. The highest BCUT2D eigenvalue weighted by molar-refractivity contribution is 7.98. The zero-order chi connectivity index (χ0) is 18.7. The first-order valence-corrected chi connectivity index (χ1v) is 9.03. The van der Waals surface area contributed by atoms with Crippen LogP contribution in [-0.4, -0.2) is 4.98 Å². The number of hydrogen-bond donors (Lipinski definition) is 1. The highest BCUT2D eigenvalue weighted by atomic mass is 35.5. The summed E-state index contributed by atoms with van der Waals surface area (Å²) >= 11 is 13.4. The molecule has 2 aromatic heterocycles. The van der Waals surface area contributed by atoms with Crippen molar-refractivity contribution in [3.8, 4) is 23.3 Å². The van der Waals surface area contributed by atoms with Crippen molar-refractivity contribution < 1.29 is 4.42 Å². The molecule has 2 N–H and O–H groups in total. The molecule has 2 heterocycles. The molecular formula is C18H10Cl2N4OS. The Kier molecular flexibility index (Phi) is 5.39. The summed E-state index contributed by atoms with van der Waals surface area (Å²) in [6.45, 7) is 0. The Morgan fingerprint density at radius 3 is 2.50 bits per heavy atom. The number of nitrogens with two attached hydrogens (primary N) is 1. The van der Waals surface area contributed by atoms with Crippen molar-refractivity contribution in [3.05, 3.63) is 63.5 Å². The standard InChI is InChI=1S/C18H10Cl2N4OS/c19-14-4-3-10(6-15(14)20)16-12(7-21)17(23)24-18(13(16)8-22)26-9-11-2-1-5-25-11/h1-6H,9H2,(H2,23,24). The van der Waals surface area contributed by atoms with Crippen molar-refractivity contribution in [2.24, 2.45) is 0 Å². The first-order chi connectivity index (χ1) is 12.5. The number of thioether (sulfide) groups is 1. The van der Waals surface area contributed by atoms with Crippen molar-refractivity contribution in [1.29, 1.82) is 10.5 Å². The second-order valence-electron chi connectivity index (χ2n) is 5.15. The van der Waals surface area contributed by atoms with Crippen LogP contribution in [0, 0.1) is 22.7 Å². The van der Waals surface area contributed by atoms with Gasteiger partial charge in [0.2, 0.25) is 0 Å². The van der Waals surface area contributed by atoms with Gasteiger partial charge >= 0.3 is 0 Å². The second-order valence-corrected chi connectivity index (χ2v) is 6.93. The van der Waals surface area contributed by atoms with Crippen molar-refractivity contribution in [1.82, 2.24) is 4.98 Å². The first kappa shape index (κ1) is 18.2. The van der Waals surface area contributed by atoms with E-state index in [2.05, 4.69) is 11.1 Å². The number of nitrogen functional groups attached to an aromatic ring is 1. The number of nitrogens with zero attached hydrogens (tertiary/aromatic N) is 3. The third-order valence-corrected chi connectivity index (χ3v) is 5.29. The van der Waals surface area contributed by atoms with E-state index in [9.17, 15) is 10.5 Å². The lowest BCUT2D eigenvalue weighted by molar-refractivity contribution is 0.530. The normalized spacial score (nSPS) is 10.3. The Morgan fingerprint density at radius 2 is 1.88 bits per heavy atom. The van der Waals surface area contributed by atoms with Gasteiger partial charge < -0.3 is 10.2 Å². The summed E-state index contributed by atoms with van der Waals surface area (Å²) in [6.07, 6.45) is 1.57. The highest BCUT2D eigenvalue weighted by Gasteiger charge is 2.21. The first-order valence-electron chi connectivity index (χ1n) is 7.29. The molecule has 26 heavy (non-hydrogen) atoms. The van der Waals surface area contributed by atoms with E-state index in [-0.39, 0.29) is 16.9 Å². The summed E-state index contributed by atoms with van der Waals surface area (Å²) in [7, 11) is 0. The van der Waals surface area contributed by atoms with Gasteiger partial charge in [-0.1, -0.05) is 41.0 Å². The number of furan rings is 1. The van der Waals surface area contributed by atoms with E-state index in [4.69, 9.17) is 33.4 Å². The lowest BCUT2D eigenvalue weighted by Crippen LogP contribution is -2.03. The summed E-state index contributed by atoms with van der Waals surface area (Å²) in [5.41, 5.74) is 7.32. The molecule has 0 aliphatic heterocycles. The minimum Gasteiger partial charge on any atom is -0.468 e. The summed E-state index contributed by atoms with van der Waals surface area (Å²) < 4.78 is 5.30. The maximum absolute atomic E-state index is 9.72. The predicted octanol–water partition coefficient (Wildman–Crippen LogP) is 5.27. The molecule has 1 aromatic carbocycles. The number of nitriles is 2. The Labute approximate surface area is 164 Å². The summed E-state index contributed by atoms with van der Waals surface area (Å²) in [5, 5.41) is 20.3. The van der Waals surface area contributed by atoms with Crippen LogP contribution in [0.3, 0.4) is 0 Å². The largest absolute Gasteiger partial charge is 0.468 e. The average Bonchev–Trinajstić information content (AvgIpc) is 3.15. The van der Waals surface area contributed by atoms with Crippen LogP contribution >= 0.6 is 35.0 Å². The van der Waals surface area contributed by atoms with Crippen LogP contribution in [0.25, 0.3) is 11.1 Å². The third kappa shape index (κ3) is 3.49. The molecule has 0 atom stereocenters. The van der Waals surface area contributed by atoms with Crippen LogP contribution in [-0.2, 0) is 5.75 Å². The van der Waals surface area contributed by atoms with E-state index >= 15 is 0 Å². The van der Waals surface area contributed by atoms with Gasteiger partial charge in [0.05, 0.1) is 27.6 Å². The molecule has 128 valence electrons. The number of rotatable bonds is 4. The van der Waals surface area contributed by atoms with Crippen LogP contribution < -0.4 is 5.73 Å². The number of hydrogen-bond acceptors (Lipinski definition) is 6. The number of aromatic nitrogens is 1. The molecule has 0 bridgehead atoms. The molecule has 0 radical (unpaired) electrons. The molecule has 0 amide bonds. The Balaban J connectivity index is 2.16. The van der Waals surface area contributed by atoms with Gasteiger partial charge in [-0.15, -0.1) is 0 Å². The Hall–Kier alpha value is -2.64. The van der Waals surface area contributed by atoms with Gasteiger partial charge in [0.1, 0.15) is 34.3 Å². The van der Waals surface area contributed by atoms with Gasteiger partial charge in [-0.3, -0.25) is 0 Å². The lowest BCUT2D eigenvalue weighted by Gasteiger charge is -2.13. The Bertz CT molecular complexity index is 1050. The van der Waals surface area contributed by atoms with Crippen LogP contribution in [0.2, 0.25) is 10.0 Å². The molecular weight excluding hydrogens is 391 g/mol. The molecule has 0 unspecified atom stereocenters. The van der Waals surface area contributed by atoms with Crippen LogP contribution in [0.5, 0.6) is 0 Å². The molecule has 0 aliphatic rings. The molecule has 0 saturated carbocycles. The minimum atomic E-state index is 0.0505. The fourth-order valence-corrected chi connectivity index (χ4v) is 3.57. The van der Waals surface area contributed by atoms with Crippen molar-refractivity contribution in [2.75, 3.05) is 5.73 Å². The van der Waals surface area contributed by atoms with Gasteiger partial charge in [0.25, 0.3) is 0 Å². The number of benzene rings is 1. The van der Waals surface area contributed by atoms with Crippen LogP contribution in [0.1, 0.15) is 16.9 Å². The van der Waals surface area contributed by atoms with Gasteiger partial charge in [0, 0.05) is 5.56 Å². The van der Waals surface area contributed by atoms with Crippen molar-refractivity contribution in [3.63, 3.8) is 0 Å². The van der Waals surface area contributed by atoms with E-state index in [0.717, 1.165) is 5.76 Å². The highest BCUT2D eigenvalue weighted by Crippen LogP contribution is 2.38. The summed E-state index contributed by atoms with van der Waals surface area (Å²) in [5.74, 6) is 1.26. The maximum atomic E-state index is 9.72. The summed E-state index contributed by atoms with van der Waals surface area (Å²) in [6, 6.07) is 12.7. The van der Waals surface area contributed by atoms with Gasteiger partial charge in [-0.25, -0.2) is 4.98 Å². The average molecular weight is 401 g/mol. The molecule has 5 nitrogen and oxygen atoms in total. The van der Waals surface area contributed by atoms with Gasteiger partial charge in [-0.2, -0.15) is 10.5 Å². The second kappa shape index (κ2) is 7.72. The van der Waals surface area contributed by atoms with Crippen molar-refractivity contribution >= 4 is 40.8 Å². The zero-order valence-corrected chi connectivity index (χ0v) is 15.5. The SMILES string of the molecule is N#Cc1c(N)nc(SCc2ccco2)c(C#N)c1-c1ccc(Cl)c(Cl)c1. The number of pyridine rings is 1. The molecule has 0 spiro atoms. The van der Waals surface area contributed by atoms with E-state index in [1.165, 1.54) is 11.8 Å².